The lowest BCUT2D eigenvalue weighted by molar-refractivity contribution is 0.102. The largest absolute Gasteiger partial charge is 0.385 e. The average Bonchev–Trinajstić information content (AvgIpc) is 2.47. The molecule has 0 unspecified atom stereocenters. The molecule has 2 aromatic carbocycles. The number of aryl methyl sites for hydroxylation is 1. The molecule has 0 bridgehead atoms. The van der Waals surface area contributed by atoms with Gasteiger partial charge in [-0.2, -0.15) is 0 Å². The summed E-state index contributed by atoms with van der Waals surface area (Å²) in [5, 5.41) is 6.81. The molecule has 0 radical (unpaired) electrons. The van der Waals surface area contributed by atoms with Crippen LogP contribution in [0.5, 0.6) is 0 Å². The quantitative estimate of drug-likeness (QED) is 0.878. The van der Waals surface area contributed by atoms with E-state index in [1.54, 1.807) is 24.3 Å². The van der Waals surface area contributed by atoms with E-state index < -0.39 is 0 Å². The number of rotatable bonds is 2. The molecule has 0 fully saturated rings. The van der Waals surface area contributed by atoms with Crippen molar-refractivity contribution in [2.75, 3.05) is 17.2 Å². The molecular weight excluding hydrogens is 272 g/mol. The lowest BCUT2D eigenvalue weighted by atomic mass is 10.0. The third-order valence-corrected chi connectivity index (χ3v) is 3.63. The first-order valence-electron chi connectivity index (χ1n) is 6.66. The summed E-state index contributed by atoms with van der Waals surface area (Å²) in [6, 6.07) is 12.9. The zero-order chi connectivity index (χ0) is 13.9. The summed E-state index contributed by atoms with van der Waals surface area (Å²) in [5.74, 6) is -0.150. The van der Waals surface area contributed by atoms with E-state index in [0.717, 1.165) is 30.8 Å². The first-order valence-corrected chi connectivity index (χ1v) is 7.04. The van der Waals surface area contributed by atoms with Crippen LogP contribution in [0.15, 0.2) is 42.5 Å². The number of fused-ring (bicyclic) bond motifs is 1. The van der Waals surface area contributed by atoms with E-state index in [4.69, 9.17) is 11.6 Å². The van der Waals surface area contributed by atoms with Crippen LogP contribution in [0, 0.1) is 0 Å². The predicted octanol–water partition coefficient (Wildman–Crippen LogP) is 3.95. The van der Waals surface area contributed by atoms with E-state index in [-0.39, 0.29) is 5.91 Å². The van der Waals surface area contributed by atoms with Gasteiger partial charge >= 0.3 is 0 Å². The minimum Gasteiger partial charge on any atom is -0.385 e. The van der Waals surface area contributed by atoms with E-state index in [1.807, 2.05) is 12.1 Å². The Morgan fingerprint density at radius 2 is 2.10 bits per heavy atom. The highest BCUT2D eigenvalue weighted by Gasteiger charge is 2.11. The number of amides is 1. The zero-order valence-electron chi connectivity index (χ0n) is 10.9. The van der Waals surface area contributed by atoms with Crippen molar-refractivity contribution in [3.63, 3.8) is 0 Å². The number of carbonyl (C=O) groups is 1. The van der Waals surface area contributed by atoms with Crippen molar-refractivity contribution in [1.82, 2.24) is 0 Å². The van der Waals surface area contributed by atoms with Crippen molar-refractivity contribution in [3.05, 3.63) is 58.6 Å². The topological polar surface area (TPSA) is 41.1 Å². The summed E-state index contributed by atoms with van der Waals surface area (Å²) in [5.41, 5.74) is 3.77. The second-order valence-electron chi connectivity index (χ2n) is 4.87. The molecule has 3 rings (SSSR count). The normalized spacial score (nSPS) is 13.2. The van der Waals surface area contributed by atoms with Crippen LogP contribution in [0.4, 0.5) is 11.4 Å². The number of anilines is 2. The molecule has 0 atom stereocenters. The van der Waals surface area contributed by atoms with Crippen LogP contribution in [0.25, 0.3) is 0 Å². The van der Waals surface area contributed by atoms with Crippen molar-refractivity contribution < 1.29 is 4.79 Å². The molecule has 102 valence electrons. The third-order valence-electron chi connectivity index (χ3n) is 3.39. The highest BCUT2D eigenvalue weighted by atomic mass is 35.5. The van der Waals surface area contributed by atoms with Crippen molar-refractivity contribution in [3.8, 4) is 0 Å². The van der Waals surface area contributed by atoms with Crippen LogP contribution in [0.2, 0.25) is 5.02 Å². The molecule has 2 N–H and O–H groups in total. The molecule has 3 nitrogen and oxygen atoms in total. The monoisotopic (exact) mass is 286 g/mol. The number of hydrogen-bond acceptors (Lipinski definition) is 2. The number of halogens is 1. The Morgan fingerprint density at radius 1 is 1.20 bits per heavy atom. The van der Waals surface area contributed by atoms with Crippen molar-refractivity contribution >= 4 is 28.9 Å². The summed E-state index contributed by atoms with van der Waals surface area (Å²) >= 11 is 5.90. The van der Waals surface area contributed by atoms with E-state index in [9.17, 15) is 4.79 Å². The van der Waals surface area contributed by atoms with Gasteiger partial charge in [0, 0.05) is 28.5 Å². The van der Waals surface area contributed by atoms with Gasteiger partial charge in [0.2, 0.25) is 0 Å². The van der Waals surface area contributed by atoms with Gasteiger partial charge in [-0.3, -0.25) is 4.79 Å². The van der Waals surface area contributed by atoms with Gasteiger partial charge in [-0.1, -0.05) is 23.7 Å². The van der Waals surface area contributed by atoms with Gasteiger partial charge < -0.3 is 10.6 Å². The van der Waals surface area contributed by atoms with Crippen LogP contribution in [-0.4, -0.2) is 12.5 Å². The standard InChI is InChI=1S/C16H15ClN2O/c17-13-5-1-3-12(9-13)16(20)19-14-7-6-11-4-2-8-18-15(11)10-14/h1,3,5-7,9-10,18H,2,4,8H2,(H,19,20). The van der Waals surface area contributed by atoms with E-state index >= 15 is 0 Å². The molecule has 1 aliphatic rings. The van der Waals surface area contributed by atoms with Gasteiger partial charge in [-0.25, -0.2) is 0 Å². The van der Waals surface area contributed by atoms with E-state index in [1.165, 1.54) is 5.56 Å². The van der Waals surface area contributed by atoms with Gasteiger partial charge in [0.05, 0.1) is 0 Å². The second kappa shape index (κ2) is 5.55. The maximum Gasteiger partial charge on any atom is 0.255 e. The third kappa shape index (κ3) is 2.78. The number of hydrogen-bond donors (Lipinski definition) is 2. The molecule has 0 aromatic heterocycles. The average molecular weight is 287 g/mol. The number of nitrogens with one attached hydrogen (secondary N) is 2. The molecule has 1 amide bonds. The second-order valence-corrected chi connectivity index (χ2v) is 5.30. The van der Waals surface area contributed by atoms with Crippen LogP contribution >= 0.6 is 11.6 Å². The van der Waals surface area contributed by atoms with Gasteiger partial charge in [0.25, 0.3) is 5.91 Å². The number of benzene rings is 2. The molecular formula is C16H15ClN2O. The fraction of sp³-hybridized carbons (Fsp3) is 0.188. The summed E-state index contributed by atoms with van der Waals surface area (Å²) in [7, 11) is 0. The number of carbonyl (C=O) groups excluding carboxylic acids is 1. The zero-order valence-corrected chi connectivity index (χ0v) is 11.7. The van der Waals surface area contributed by atoms with Crippen LogP contribution in [0.3, 0.4) is 0 Å². The van der Waals surface area contributed by atoms with Crippen LogP contribution in [0.1, 0.15) is 22.3 Å². The lowest BCUT2D eigenvalue weighted by Crippen LogP contribution is -2.14. The molecule has 20 heavy (non-hydrogen) atoms. The fourth-order valence-corrected chi connectivity index (χ4v) is 2.56. The molecule has 4 heteroatoms. The van der Waals surface area contributed by atoms with Crippen LogP contribution in [-0.2, 0) is 6.42 Å². The lowest BCUT2D eigenvalue weighted by Gasteiger charge is -2.18. The maximum absolute atomic E-state index is 12.1. The summed E-state index contributed by atoms with van der Waals surface area (Å²) in [4.78, 5) is 12.1. The Hall–Kier alpha value is -2.00. The molecule has 2 aromatic rings. The summed E-state index contributed by atoms with van der Waals surface area (Å²) in [6.45, 7) is 0.985. The van der Waals surface area contributed by atoms with Gasteiger partial charge in [0.15, 0.2) is 0 Å². The first-order chi connectivity index (χ1) is 9.72. The Kier molecular flexibility index (Phi) is 3.61. The summed E-state index contributed by atoms with van der Waals surface area (Å²) in [6.07, 6.45) is 2.24. The SMILES string of the molecule is O=C(Nc1ccc2c(c1)NCCC2)c1cccc(Cl)c1. The van der Waals surface area contributed by atoms with Crippen molar-refractivity contribution in [1.29, 1.82) is 0 Å². The molecule has 0 spiro atoms. The molecule has 0 saturated heterocycles. The van der Waals surface area contributed by atoms with Crippen LogP contribution < -0.4 is 10.6 Å². The van der Waals surface area contributed by atoms with E-state index in [2.05, 4.69) is 16.7 Å². The Morgan fingerprint density at radius 3 is 2.95 bits per heavy atom. The minimum absolute atomic E-state index is 0.150. The van der Waals surface area contributed by atoms with Crippen molar-refractivity contribution in [2.24, 2.45) is 0 Å². The highest BCUT2D eigenvalue weighted by molar-refractivity contribution is 6.31. The van der Waals surface area contributed by atoms with E-state index in [0.29, 0.717) is 10.6 Å². The molecule has 0 aliphatic carbocycles. The molecule has 1 heterocycles. The fourth-order valence-electron chi connectivity index (χ4n) is 2.37. The summed E-state index contributed by atoms with van der Waals surface area (Å²) < 4.78 is 0. The Balaban J connectivity index is 1.79. The minimum atomic E-state index is -0.150. The van der Waals surface area contributed by atoms with Gasteiger partial charge in [-0.15, -0.1) is 0 Å². The first kappa shape index (κ1) is 13.0. The Bertz CT molecular complexity index is 655. The van der Waals surface area contributed by atoms with Crippen molar-refractivity contribution in [2.45, 2.75) is 12.8 Å². The smallest absolute Gasteiger partial charge is 0.255 e. The van der Waals surface area contributed by atoms with Gasteiger partial charge in [-0.05, 0) is 48.7 Å². The van der Waals surface area contributed by atoms with Gasteiger partial charge in [0.1, 0.15) is 0 Å². The predicted molar refractivity (Wildman–Crippen MR) is 82.7 cm³/mol. The maximum atomic E-state index is 12.1. The molecule has 0 saturated carbocycles. The Labute approximate surface area is 123 Å². The molecule has 1 aliphatic heterocycles. The highest BCUT2D eigenvalue weighted by Crippen LogP contribution is 2.25.